The topological polar surface area (TPSA) is 72.2 Å². The minimum Gasteiger partial charge on any atom is -0.352 e. The second-order valence-corrected chi connectivity index (χ2v) is 13.1. The Kier molecular flexibility index (Phi) is 17.3. The van der Waals surface area contributed by atoms with E-state index in [1.807, 2.05) is 0 Å². The first kappa shape index (κ1) is 34.2. The van der Waals surface area contributed by atoms with Gasteiger partial charge in [0.25, 0.3) is 0 Å². The van der Waals surface area contributed by atoms with Crippen molar-refractivity contribution in [2.45, 2.75) is 113 Å². The molecule has 3 unspecified atom stereocenters. The summed E-state index contributed by atoms with van der Waals surface area (Å²) in [6.07, 6.45) is 16.4. The number of carbonyl (C=O) groups is 2. The molecule has 4 nitrogen and oxygen atoms in total. The Morgan fingerprint density at radius 3 is 2.00 bits per heavy atom. The Bertz CT molecular complexity index is 758. The van der Waals surface area contributed by atoms with E-state index >= 15 is 0 Å². The number of hydrogen-bond acceptors (Lipinski definition) is 3. The Labute approximate surface area is 233 Å². The van der Waals surface area contributed by atoms with E-state index in [1.54, 1.807) is 34.4 Å². The van der Waals surface area contributed by atoms with Gasteiger partial charge in [-0.25, -0.2) is 4.79 Å². The maximum absolute atomic E-state index is 11.8. The van der Waals surface area contributed by atoms with Gasteiger partial charge in [-0.15, -0.1) is 0 Å². The van der Waals surface area contributed by atoms with Crippen molar-refractivity contribution in [2.24, 2.45) is 16.6 Å². The second kappa shape index (κ2) is 17.7. The lowest BCUT2D eigenvalue weighted by molar-refractivity contribution is -0.110. The van der Waals surface area contributed by atoms with Gasteiger partial charge in [0.05, 0.1) is 0 Å². The number of carbonyl (C=O) groups excluding carboxylic acids is 2. The van der Waals surface area contributed by atoms with Gasteiger partial charge < -0.3 is 11.1 Å². The molecule has 0 aromatic carbocycles. The average Bonchev–Trinajstić information content (AvgIpc) is 2.71. The average molecular weight is 619 g/mol. The first-order valence-electron chi connectivity index (χ1n) is 13.1. The van der Waals surface area contributed by atoms with Crippen LogP contribution in [0.2, 0.25) is 0 Å². The van der Waals surface area contributed by atoms with Crippen LogP contribution in [0.25, 0.3) is 0 Å². The SMILES string of the molecule is CCCC(C)(/C=C(\C)CCC=C(C)C)CC/C(C)=C/C(C)(CCC)CSCC(NC(N)=O)C(=O)I. The highest BCUT2D eigenvalue weighted by molar-refractivity contribution is 14.1. The minimum atomic E-state index is -0.649. The normalized spacial score (nSPS) is 16.7. The molecule has 202 valence electrons. The third-order valence-electron chi connectivity index (χ3n) is 6.32. The maximum atomic E-state index is 11.8. The van der Waals surface area contributed by atoms with Crippen molar-refractivity contribution in [3.63, 3.8) is 0 Å². The fourth-order valence-electron chi connectivity index (χ4n) is 4.75. The molecule has 0 rings (SSSR count). The van der Waals surface area contributed by atoms with Gasteiger partial charge in [0.1, 0.15) is 6.04 Å². The first-order chi connectivity index (χ1) is 16.3. The molecular formula is C29H51IN2O2S. The van der Waals surface area contributed by atoms with Crippen LogP contribution in [0.4, 0.5) is 4.79 Å². The summed E-state index contributed by atoms with van der Waals surface area (Å²) in [7, 11) is 0. The van der Waals surface area contributed by atoms with Gasteiger partial charge in [0, 0.05) is 34.1 Å². The van der Waals surface area contributed by atoms with Crippen LogP contribution in [-0.2, 0) is 4.79 Å². The van der Waals surface area contributed by atoms with E-state index in [1.165, 1.54) is 29.6 Å². The lowest BCUT2D eigenvalue weighted by Crippen LogP contribution is -2.43. The van der Waals surface area contributed by atoms with Crippen LogP contribution in [0.1, 0.15) is 107 Å². The monoisotopic (exact) mass is 618 g/mol. The van der Waals surface area contributed by atoms with E-state index < -0.39 is 12.1 Å². The van der Waals surface area contributed by atoms with Gasteiger partial charge in [0.15, 0.2) is 0 Å². The van der Waals surface area contributed by atoms with Crippen molar-refractivity contribution in [1.82, 2.24) is 5.32 Å². The fourth-order valence-corrected chi connectivity index (χ4v) is 6.71. The fraction of sp³-hybridized carbons (Fsp3) is 0.724. The van der Waals surface area contributed by atoms with Crippen molar-refractivity contribution < 1.29 is 9.59 Å². The smallest absolute Gasteiger partial charge is 0.312 e. The first-order valence-corrected chi connectivity index (χ1v) is 15.3. The predicted octanol–water partition coefficient (Wildman–Crippen LogP) is 8.75. The summed E-state index contributed by atoms with van der Waals surface area (Å²) in [6.45, 7) is 18.1. The summed E-state index contributed by atoms with van der Waals surface area (Å²) in [5.74, 6) is 1.46. The number of rotatable bonds is 18. The van der Waals surface area contributed by atoms with Crippen molar-refractivity contribution in [3.05, 3.63) is 34.9 Å². The largest absolute Gasteiger partial charge is 0.352 e. The standard InChI is InChI=1S/C29H51IN2O2S/c1-9-15-28(7,18-23(5)13-11-12-22(3)4)17-14-24(6)19-29(8,16-10-2)21-35-20-25(26(30)33)32-27(31)34/h12,18-19,25H,9-11,13-17,20-21H2,1-8H3,(H3,31,32,34)/b23-18+,24-19+. The van der Waals surface area contributed by atoms with Crippen molar-refractivity contribution >= 4 is 44.2 Å². The van der Waals surface area contributed by atoms with Crippen LogP contribution in [0.5, 0.6) is 0 Å². The van der Waals surface area contributed by atoms with Crippen LogP contribution >= 0.6 is 34.4 Å². The third-order valence-corrected chi connectivity index (χ3v) is 8.50. The van der Waals surface area contributed by atoms with Crippen LogP contribution in [-0.4, -0.2) is 27.4 Å². The van der Waals surface area contributed by atoms with Crippen LogP contribution in [0.15, 0.2) is 34.9 Å². The van der Waals surface area contributed by atoms with E-state index in [4.69, 9.17) is 5.73 Å². The molecule has 0 saturated carbocycles. The number of thioether (sulfide) groups is 1. The molecule has 0 aliphatic heterocycles. The highest BCUT2D eigenvalue weighted by atomic mass is 127. The number of amides is 2. The molecular weight excluding hydrogens is 567 g/mol. The van der Waals surface area contributed by atoms with Crippen molar-refractivity contribution in [3.8, 4) is 0 Å². The Balaban J connectivity index is 5.25. The second-order valence-electron chi connectivity index (χ2n) is 11.0. The molecule has 2 amide bonds. The Morgan fingerprint density at radius 1 is 0.943 bits per heavy atom. The lowest BCUT2D eigenvalue weighted by atomic mass is 9.77. The molecule has 0 fully saturated rings. The molecule has 0 saturated heterocycles. The molecule has 0 heterocycles. The number of hydrogen-bond donors (Lipinski definition) is 2. The van der Waals surface area contributed by atoms with Gasteiger partial charge in [-0.1, -0.05) is 75.5 Å². The predicted molar refractivity (Wildman–Crippen MR) is 164 cm³/mol. The molecule has 0 aliphatic rings. The summed E-state index contributed by atoms with van der Waals surface area (Å²) in [5.41, 5.74) is 9.84. The zero-order valence-corrected chi connectivity index (χ0v) is 26.5. The van der Waals surface area contributed by atoms with Gasteiger partial charge in [-0.2, -0.15) is 11.8 Å². The summed E-state index contributed by atoms with van der Waals surface area (Å²) in [6, 6.07) is -1.18. The quantitative estimate of drug-likeness (QED) is 0.0917. The van der Waals surface area contributed by atoms with Crippen molar-refractivity contribution in [2.75, 3.05) is 11.5 Å². The van der Waals surface area contributed by atoms with Gasteiger partial charge >= 0.3 is 6.03 Å². The van der Waals surface area contributed by atoms with Crippen LogP contribution in [0, 0.1) is 10.8 Å². The number of nitrogens with two attached hydrogens (primary N) is 1. The van der Waals surface area contributed by atoms with Crippen molar-refractivity contribution in [1.29, 1.82) is 0 Å². The van der Waals surface area contributed by atoms with Gasteiger partial charge in [0.2, 0.25) is 3.79 Å². The zero-order chi connectivity index (χ0) is 27.1. The number of primary amides is 1. The van der Waals surface area contributed by atoms with E-state index in [9.17, 15) is 9.59 Å². The van der Waals surface area contributed by atoms with E-state index in [0.29, 0.717) is 5.75 Å². The maximum Gasteiger partial charge on any atom is 0.312 e. The Morgan fingerprint density at radius 2 is 1.49 bits per heavy atom. The van der Waals surface area contributed by atoms with Gasteiger partial charge in [-0.3, -0.25) is 4.79 Å². The lowest BCUT2D eigenvalue weighted by Gasteiger charge is -2.29. The molecule has 0 spiro atoms. The molecule has 0 aliphatic carbocycles. The molecule has 0 aromatic heterocycles. The zero-order valence-electron chi connectivity index (χ0n) is 23.6. The molecule has 35 heavy (non-hydrogen) atoms. The Hall–Kier alpha value is -0.760. The summed E-state index contributed by atoms with van der Waals surface area (Å²) in [4.78, 5) is 23.0. The van der Waals surface area contributed by atoms with Gasteiger partial charge in [-0.05, 0) is 77.0 Å². The molecule has 0 radical (unpaired) electrons. The van der Waals surface area contributed by atoms with Crippen LogP contribution < -0.4 is 11.1 Å². The number of nitrogens with one attached hydrogen (secondary N) is 1. The summed E-state index contributed by atoms with van der Waals surface area (Å²) < 4.78 is -0.0859. The number of allylic oxidation sites excluding steroid dienone is 6. The van der Waals surface area contributed by atoms with Crippen LogP contribution in [0.3, 0.4) is 0 Å². The molecule has 0 aromatic rings. The molecule has 0 bridgehead atoms. The third kappa shape index (κ3) is 16.6. The van der Waals surface area contributed by atoms with E-state index in [2.05, 4.69) is 78.9 Å². The highest BCUT2D eigenvalue weighted by Crippen LogP contribution is 2.36. The highest BCUT2D eigenvalue weighted by Gasteiger charge is 2.25. The molecule has 3 N–H and O–H groups in total. The molecule has 6 heteroatoms. The van der Waals surface area contributed by atoms with E-state index in [0.717, 1.165) is 44.3 Å². The minimum absolute atomic E-state index is 0.0619. The summed E-state index contributed by atoms with van der Waals surface area (Å²) in [5, 5.41) is 2.56. The number of urea groups is 1. The summed E-state index contributed by atoms with van der Waals surface area (Å²) >= 11 is 3.45. The number of halogens is 1. The molecule has 3 atom stereocenters. The van der Waals surface area contributed by atoms with E-state index in [-0.39, 0.29) is 14.6 Å².